The predicted octanol–water partition coefficient (Wildman–Crippen LogP) is -0.501. The first-order valence-corrected chi connectivity index (χ1v) is 9.43. The topological polar surface area (TPSA) is 47.2 Å². The summed E-state index contributed by atoms with van der Waals surface area (Å²) < 4.78 is 5.40. The van der Waals surface area contributed by atoms with Crippen LogP contribution in [-0.2, 0) is 16.1 Å². The van der Waals surface area contributed by atoms with Crippen LogP contribution in [0.5, 0.6) is 0 Å². The number of hydrogen-bond acceptors (Lipinski definition) is 2. The first-order chi connectivity index (χ1) is 11.8. The highest BCUT2D eigenvalue weighted by atomic mass is 16.5. The molecule has 2 fully saturated rings. The molecule has 0 aromatic heterocycles. The van der Waals surface area contributed by atoms with Gasteiger partial charge in [0.05, 0.1) is 26.3 Å². The molecule has 3 N–H and O–H groups in total. The van der Waals surface area contributed by atoms with Gasteiger partial charge in [-0.1, -0.05) is 12.1 Å². The molecule has 24 heavy (non-hydrogen) atoms. The quantitative estimate of drug-likeness (QED) is 0.680. The van der Waals surface area contributed by atoms with Gasteiger partial charge in [-0.25, -0.2) is 0 Å². The van der Waals surface area contributed by atoms with Gasteiger partial charge in [0.25, 0.3) is 5.91 Å². The lowest BCUT2D eigenvalue weighted by atomic mass is 10.2. The number of quaternary nitrogens is 2. The largest absolute Gasteiger partial charge is 0.370 e. The van der Waals surface area contributed by atoms with Gasteiger partial charge in [0.1, 0.15) is 19.6 Å². The molecule has 0 saturated carbocycles. The van der Waals surface area contributed by atoms with Crippen LogP contribution < -0.4 is 15.1 Å². The zero-order chi connectivity index (χ0) is 16.6. The fraction of sp³-hybridized carbons (Fsp3) is 0.632. The van der Waals surface area contributed by atoms with Crippen LogP contribution >= 0.6 is 0 Å². The maximum absolute atomic E-state index is 12.2. The highest BCUT2D eigenvalue weighted by Gasteiger charge is 2.17. The van der Waals surface area contributed by atoms with Gasteiger partial charge in [-0.2, -0.15) is 0 Å². The second kappa shape index (κ2) is 9.16. The molecule has 2 saturated heterocycles. The van der Waals surface area contributed by atoms with Gasteiger partial charge < -0.3 is 19.9 Å². The van der Waals surface area contributed by atoms with Crippen LogP contribution in [-0.4, -0.2) is 51.8 Å². The molecule has 0 bridgehead atoms. The Balaban J connectivity index is 1.45. The summed E-state index contributed by atoms with van der Waals surface area (Å²) in [5.41, 5.74) is 2.23. The first kappa shape index (κ1) is 17.4. The molecule has 2 aliphatic heterocycles. The lowest BCUT2D eigenvalue weighted by molar-refractivity contribution is -0.921. The smallest absolute Gasteiger partial charge is 0.279 e. The van der Waals surface area contributed by atoms with Crippen molar-refractivity contribution in [3.05, 3.63) is 29.8 Å². The molecule has 0 aliphatic carbocycles. The van der Waals surface area contributed by atoms with Crippen molar-refractivity contribution in [1.82, 2.24) is 0 Å². The molecule has 0 radical (unpaired) electrons. The number of morpholine rings is 1. The summed E-state index contributed by atoms with van der Waals surface area (Å²) in [5, 5.41) is 3.05. The number of nitrogens with one attached hydrogen (secondary N) is 3. The van der Waals surface area contributed by atoms with Crippen LogP contribution in [0.1, 0.15) is 31.2 Å². The second-order valence-electron chi connectivity index (χ2n) is 7.13. The lowest BCUT2D eigenvalue weighted by Crippen LogP contribution is -3.12. The molecule has 0 atom stereocenters. The van der Waals surface area contributed by atoms with E-state index in [0.29, 0.717) is 6.54 Å². The molecule has 132 valence electrons. The number of rotatable bonds is 5. The Morgan fingerprint density at radius 3 is 2.25 bits per heavy atom. The lowest BCUT2D eigenvalue weighted by Gasteiger charge is -2.23. The van der Waals surface area contributed by atoms with Crippen molar-refractivity contribution in [2.45, 2.75) is 32.2 Å². The van der Waals surface area contributed by atoms with Crippen molar-refractivity contribution in [3.8, 4) is 0 Å². The Labute approximate surface area is 145 Å². The predicted molar refractivity (Wildman–Crippen MR) is 94.3 cm³/mol. The average Bonchev–Trinajstić information content (AvgIpc) is 2.86. The fourth-order valence-electron chi connectivity index (χ4n) is 3.67. The van der Waals surface area contributed by atoms with Gasteiger partial charge in [0.2, 0.25) is 0 Å². The Morgan fingerprint density at radius 1 is 0.917 bits per heavy atom. The zero-order valence-corrected chi connectivity index (χ0v) is 14.6. The molecule has 0 spiro atoms. The van der Waals surface area contributed by atoms with E-state index in [9.17, 15) is 4.79 Å². The third kappa shape index (κ3) is 5.58. The number of likely N-dealkylation sites (tertiary alicyclic amines) is 1. The zero-order valence-electron chi connectivity index (χ0n) is 14.6. The molecule has 1 amide bonds. The van der Waals surface area contributed by atoms with Gasteiger partial charge in [-0.15, -0.1) is 0 Å². The van der Waals surface area contributed by atoms with Crippen LogP contribution in [0.4, 0.5) is 5.69 Å². The Kier molecular flexibility index (Phi) is 6.64. The molecule has 5 nitrogen and oxygen atoms in total. The molecule has 1 aromatic carbocycles. The molecule has 3 rings (SSSR count). The van der Waals surface area contributed by atoms with E-state index in [2.05, 4.69) is 17.4 Å². The summed E-state index contributed by atoms with van der Waals surface area (Å²) in [6, 6.07) is 8.34. The Morgan fingerprint density at radius 2 is 1.58 bits per heavy atom. The first-order valence-electron chi connectivity index (χ1n) is 9.43. The van der Waals surface area contributed by atoms with Crippen molar-refractivity contribution >= 4 is 11.6 Å². The van der Waals surface area contributed by atoms with Crippen LogP contribution in [0.3, 0.4) is 0 Å². The second-order valence-corrected chi connectivity index (χ2v) is 7.13. The minimum Gasteiger partial charge on any atom is -0.370 e. The SMILES string of the molecule is O=C(C[NH+]1CCCCCC1)Nc1ccc(C[NH+]2CCOCC2)cc1. The van der Waals surface area contributed by atoms with Gasteiger partial charge in [-0.3, -0.25) is 4.79 Å². The third-order valence-corrected chi connectivity index (χ3v) is 5.11. The van der Waals surface area contributed by atoms with Crippen LogP contribution in [0.2, 0.25) is 0 Å². The Bertz CT molecular complexity index is 504. The summed E-state index contributed by atoms with van der Waals surface area (Å²) in [5.74, 6) is 0.137. The monoisotopic (exact) mass is 333 g/mol. The van der Waals surface area contributed by atoms with Crippen LogP contribution in [0.15, 0.2) is 24.3 Å². The van der Waals surface area contributed by atoms with E-state index in [1.807, 2.05) is 12.1 Å². The van der Waals surface area contributed by atoms with E-state index < -0.39 is 0 Å². The fourth-order valence-corrected chi connectivity index (χ4v) is 3.67. The third-order valence-electron chi connectivity index (χ3n) is 5.11. The maximum atomic E-state index is 12.2. The standard InChI is InChI=1S/C19H29N3O2/c23-19(16-21-9-3-1-2-4-10-21)20-18-7-5-17(6-8-18)15-22-11-13-24-14-12-22/h5-8H,1-4,9-16H2,(H,20,23)/p+2. The normalized spacial score (nSPS) is 20.5. The van der Waals surface area contributed by atoms with E-state index in [0.717, 1.165) is 51.6 Å². The van der Waals surface area contributed by atoms with E-state index >= 15 is 0 Å². The highest BCUT2D eigenvalue weighted by Crippen LogP contribution is 2.08. The molecule has 2 aliphatic rings. The van der Waals surface area contributed by atoms with Crippen LogP contribution in [0, 0.1) is 0 Å². The summed E-state index contributed by atoms with van der Waals surface area (Å²) in [7, 11) is 0. The number of benzene rings is 1. The number of amides is 1. The highest BCUT2D eigenvalue weighted by molar-refractivity contribution is 5.91. The molecule has 2 heterocycles. The molecular formula is C19H31N3O2+2. The summed E-state index contributed by atoms with van der Waals surface area (Å²) >= 11 is 0. The van der Waals surface area contributed by atoms with Gasteiger partial charge >= 0.3 is 0 Å². The van der Waals surface area contributed by atoms with Crippen molar-refractivity contribution < 1.29 is 19.3 Å². The van der Waals surface area contributed by atoms with E-state index in [1.165, 1.54) is 36.1 Å². The molecule has 5 heteroatoms. The van der Waals surface area contributed by atoms with Crippen molar-refractivity contribution in [1.29, 1.82) is 0 Å². The Hall–Kier alpha value is -1.43. The van der Waals surface area contributed by atoms with E-state index in [-0.39, 0.29) is 5.91 Å². The molecule has 1 aromatic rings. The summed E-state index contributed by atoms with van der Waals surface area (Å²) in [4.78, 5) is 15.2. The van der Waals surface area contributed by atoms with Gasteiger partial charge in [0, 0.05) is 11.3 Å². The van der Waals surface area contributed by atoms with Crippen molar-refractivity contribution in [2.75, 3.05) is 51.3 Å². The van der Waals surface area contributed by atoms with Gasteiger partial charge in [-0.05, 0) is 37.8 Å². The summed E-state index contributed by atoms with van der Waals surface area (Å²) in [6.45, 7) is 7.79. The van der Waals surface area contributed by atoms with Gasteiger partial charge in [0.15, 0.2) is 6.54 Å². The number of carbonyl (C=O) groups is 1. The maximum Gasteiger partial charge on any atom is 0.279 e. The number of ether oxygens (including phenoxy) is 1. The van der Waals surface area contributed by atoms with Crippen LogP contribution in [0.25, 0.3) is 0 Å². The molecule has 0 unspecified atom stereocenters. The number of hydrogen-bond donors (Lipinski definition) is 3. The number of carbonyl (C=O) groups excluding carboxylic acids is 1. The summed E-state index contributed by atoms with van der Waals surface area (Å²) in [6.07, 6.45) is 5.14. The van der Waals surface area contributed by atoms with Crippen molar-refractivity contribution in [3.63, 3.8) is 0 Å². The van der Waals surface area contributed by atoms with E-state index in [1.54, 1.807) is 4.90 Å². The average molecular weight is 333 g/mol. The van der Waals surface area contributed by atoms with Crippen molar-refractivity contribution in [2.24, 2.45) is 0 Å². The minimum atomic E-state index is 0.137. The number of anilines is 1. The minimum absolute atomic E-state index is 0.137. The molecular weight excluding hydrogens is 302 g/mol. The van der Waals surface area contributed by atoms with E-state index in [4.69, 9.17) is 4.74 Å².